The molecule has 3 N–H and O–H groups in total. The van der Waals surface area contributed by atoms with Crippen molar-refractivity contribution < 1.29 is 19.1 Å². The molecule has 5 rings (SSSR count). The maximum absolute atomic E-state index is 13.6. The maximum Gasteiger partial charge on any atom is 0.343 e. The number of fused-ring (bicyclic) bond motifs is 1. The van der Waals surface area contributed by atoms with Crippen molar-refractivity contribution in [1.29, 1.82) is 0 Å². The zero-order valence-corrected chi connectivity index (χ0v) is 18.8. The van der Waals surface area contributed by atoms with E-state index in [1.54, 1.807) is 17.0 Å². The number of piperazine rings is 1. The van der Waals surface area contributed by atoms with Gasteiger partial charge in [0.2, 0.25) is 0 Å². The topological polar surface area (TPSA) is 117 Å². The Hall–Kier alpha value is -4.47. The third-order valence-electron chi connectivity index (χ3n) is 6.19. The van der Waals surface area contributed by atoms with Gasteiger partial charge in [-0.15, -0.1) is 5.10 Å². The van der Waals surface area contributed by atoms with Crippen LogP contribution >= 0.6 is 0 Å². The zero-order valence-electron chi connectivity index (χ0n) is 18.8. The van der Waals surface area contributed by atoms with Crippen LogP contribution in [-0.2, 0) is 6.42 Å². The molecule has 1 fully saturated rings. The molecule has 0 bridgehead atoms. The average Bonchev–Trinajstić information content (AvgIpc) is 3.21. The van der Waals surface area contributed by atoms with E-state index in [2.05, 4.69) is 15.0 Å². The largest absolute Gasteiger partial charge is 0.477 e. The van der Waals surface area contributed by atoms with E-state index in [1.165, 1.54) is 22.8 Å². The molecule has 2 aromatic heterocycles. The van der Waals surface area contributed by atoms with Crippen LogP contribution in [0.1, 0.15) is 32.0 Å². The van der Waals surface area contributed by atoms with Crippen molar-refractivity contribution in [2.24, 2.45) is 0 Å². The fourth-order valence-corrected chi connectivity index (χ4v) is 4.38. The number of carboxylic acid groups (broad SMARTS) is 1. The minimum absolute atomic E-state index is 0.0959. The zero-order chi connectivity index (χ0) is 24.5. The predicted molar refractivity (Wildman–Crippen MR) is 128 cm³/mol. The van der Waals surface area contributed by atoms with Crippen LogP contribution in [0.5, 0.6) is 0 Å². The van der Waals surface area contributed by atoms with Gasteiger partial charge in [0.1, 0.15) is 11.4 Å². The number of hydrogen-bond acceptors (Lipinski definition) is 6. The first-order chi connectivity index (χ1) is 16.9. The summed E-state index contributed by atoms with van der Waals surface area (Å²) in [6.45, 7) is 2.14. The Morgan fingerprint density at radius 2 is 1.69 bits per heavy atom. The molecule has 1 amide bonds. The summed E-state index contributed by atoms with van der Waals surface area (Å²) in [4.78, 5) is 33.4. The normalized spacial score (nSPS) is 13.9. The molecule has 178 valence electrons. The average molecular weight is 474 g/mol. The molecule has 0 unspecified atom stereocenters. The highest BCUT2D eigenvalue weighted by Crippen LogP contribution is 2.24. The molecule has 3 heterocycles. The lowest BCUT2D eigenvalue weighted by atomic mass is 10.0. The fraction of sp³-hybridized carbons (Fsp3) is 0.200. The number of nitrogen functional groups attached to an aromatic ring is 1. The van der Waals surface area contributed by atoms with Gasteiger partial charge in [0, 0.05) is 44.5 Å². The van der Waals surface area contributed by atoms with E-state index < -0.39 is 5.97 Å². The fourth-order valence-electron chi connectivity index (χ4n) is 4.38. The lowest BCUT2D eigenvalue weighted by Crippen LogP contribution is -2.49. The second-order valence-electron chi connectivity index (χ2n) is 8.34. The summed E-state index contributed by atoms with van der Waals surface area (Å²) in [7, 11) is 0. The van der Waals surface area contributed by atoms with Crippen LogP contribution in [0.25, 0.3) is 5.65 Å². The Labute approximate surface area is 200 Å². The molecule has 0 aliphatic carbocycles. The second-order valence-corrected chi connectivity index (χ2v) is 8.34. The van der Waals surface area contributed by atoms with Crippen LogP contribution < -0.4 is 10.6 Å². The lowest BCUT2D eigenvalue weighted by Gasteiger charge is -2.36. The number of aromatic nitrogens is 3. The number of nitrogens with two attached hydrogens (primary N) is 1. The van der Waals surface area contributed by atoms with Gasteiger partial charge in [-0.25, -0.2) is 18.7 Å². The number of carbonyl (C=O) groups excluding carboxylic acids is 1. The Morgan fingerprint density at radius 1 is 1.00 bits per heavy atom. The first kappa shape index (κ1) is 22.3. The van der Waals surface area contributed by atoms with Crippen LogP contribution in [0, 0.1) is 5.82 Å². The van der Waals surface area contributed by atoms with E-state index in [1.807, 2.05) is 30.3 Å². The summed E-state index contributed by atoms with van der Waals surface area (Å²) in [6, 6.07) is 15.8. The summed E-state index contributed by atoms with van der Waals surface area (Å²) in [6.07, 6.45) is 1.76. The van der Waals surface area contributed by atoms with E-state index in [-0.39, 0.29) is 28.8 Å². The van der Waals surface area contributed by atoms with Crippen molar-refractivity contribution >= 4 is 29.0 Å². The minimum Gasteiger partial charge on any atom is -0.477 e. The standard InChI is InChI=1S/C25H23FN6O3/c26-17-6-8-18(9-7-17)30-10-12-31(13-11-30)24(33)19-15-28-23-21(25(34)35)22(27)29-32(23)20(19)14-16-4-2-1-3-5-16/h1-9,15H,10-14H2,(H2,27,29)(H,34,35). The number of carboxylic acids is 1. The van der Waals surface area contributed by atoms with Gasteiger partial charge in [-0.1, -0.05) is 30.3 Å². The Kier molecular flexibility index (Phi) is 5.77. The number of anilines is 2. The van der Waals surface area contributed by atoms with Gasteiger partial charge in [0.25, 0.3) is 5.91 Å². The van der Waals surface area contributed by atoms with Crippen LogP contribution in [0.15, 0.2) is 60.8 Å². The molecule has 0 atom stereocenters. The highest BCUT2D eigenvalue weighted by Gasteiger charge is 2.28. The number of hydrogen-bond donors (Lipinski definition) is 2. The first-order valence-electron chi connectivity index (χ1n) is 11.2. The number of halogens is 1. The lowest BCUT2D eigenvalue weighted by molar-refractivity contribution is 0.0698. The predicted octanol–water partition coefficient (Wildman–Crippen LogP) is 2.70. The van der Waals surface area contributed by atoms with Crippen molar-refractivity contribution in [3.05, 3.63) is 89.0 Å². The van der Waals surface area contributed by atoms with E-state index in [4.69, 9.17) is 5.73 Å². The number of rotatable bonds is 5. The van der Waals surface area contributed by atoms with Gasteiger partial charge in [-0.2, -0.15) is 0 Å². The molecule has 4 aromatic rings. The van der Waals surface area contributed by atoms with Gasteiger partial charge >= 0.3 is 5.97 Å². The highest BCUT2D eigenvalue weighted by molar-refractivity contribution is 6.00. The molecular weight excluding hydrogens is 451 g/mol. The summed E-state index contributed by atoms with van der Waals surface area (Å²) in [5.74, 6) is -1.89. The molecule has 1 saturated heterocycles. The van der Waals surface area contributed by atoms with E-state index in [0.29, 0.717) is 43.9 Å². The molecule has 1 aliphatic heterocycles. The van der Waals surface area contributed by atoms with Crippen LogP contribution in [0.3, 0.4) is 0 Å². The number of amides is 1. The smallest absolute Gasteiger partial charge is 0.343 e. The molecule has 9 nitrogen and oxygen atoms in total. The van der Waals surface area contributed by atoms with E-state index in [9.17, 15) is 19.1 Å². The van der Waals surface area contributed by atoms with Crippen molar-refractivity contribution in [1.82, 2.24) is 19.5 Å². The highest BCUT2D eigenvalue weighted by atomic mass is 19.1. The Bertz CT molecular complexity index is 1400. The van der Waals surface area contributed by atoms with Crippen molar-refractivity contribution in [3.8, 4) is 0 Å². The quantitative estimate of drug-likeness (QED) is 0.457. The Balaban J connectivity index is 1.47. The molecule has 10 heteroatoms. The summed E-state index contributed by atoms with van der Waals surface area (Å²) in [5, 5.41) is 13.8. The third-order valence-corrected chi connectivity index (χ3v) is 6.19. The maximum atomic E-state index is 13.6. The van der Waals surface area contributed by atoms with Crippen LogP contribution in [-0.4, -0.2) is 62.7 Å². The van der Waals surface area contributed by atoms with Crippen LogP contribution in [0.2, 0.25) is 0 Å². The number of aromatic carboxylic acids is 1. The van der Waals surface area contributed by atoms with Crippen molar-refractivity contribution in [2.75, 3.05) is 36.8 Å². The van der Waals surface area contributed by atoms with Gasteiger partial charge in [0.15, 0.2) is 11.5 Å². The number of carbonyl (C=O) groups is 2. The minimum atomic E-state index is -1.23. The molecule has 1 aliphatic rings. The van der Waals surface area contributed by atoms with Crippen molar-refractivity contribution in [3.63, 3.8) is 0 Å². The number of benzene rings is 2. The molecule has 0 radical (unpaired) electrons. The third kappa shape index (κ3) is 4.25. The summed E-state index contributed by atoms with van der Waals surface area (Å²) >= 11 is 0. The second kappa shape index (κ2) is 9.05. The summed E-state index contributed by atoms with van der Waals surface area (Å²) < 4.78 is 14.6. The monoisotopic (exact) mass is 474 g/mol. The number of nitrogens with zero attached hydrogens (tertiary/aromatic N) is 5. The molecule has 2 aromatic carbocycles. The molecular formula is C25H23FN6O3. The van der Waals surface area contributed by atoms with E-state index in [0.717, 1.165) is 11.3 Å². The van der Waals surface area contributed by atoms with E-state index >= 15 is 0 Å². The molecule has 0 saturated carbocycles. The van der Waals surface area contributed by atoms with Crippen molar-refractivity contribution in [2.45, 2.75) is 6.42 Å². The first-order valence-corrected chi connectivity index (χ1v) is 11.2. The van der Waals surface area contributed by atoms with Gasteiger partial charge < -0.3 is 20.6 Å². The summed E-state index contributed by atoms with van der Waals surface area (Å²) in [5.41, 5.74) is 8.49. The SMILES string of the molecule is Nc1nn2c(Cc3ccccc3)c(C(=O)N3CCN(c4ccc(F)cc4)CC3)cnc2c1C(=O)O. The molecule has 35 heavy (non-hydrogen) atoms. The molecule has 0 spiro atoms. The van der Waals surface area contributed by atoms with Crippen LogP contribution in [0.4, 0.5) is 15.9 Å². The van der Waals surface area contributed by atoms with Gasteiger partial charge in [-0.3, -0.25) is 4.79 Å². The van der Waals surface area contributed by atoms with Gasteiger partial charge in [0.05, 0.1) is 11.3 Å². The Morgan fingerprint density at radius 3 is 2.34 bits per heavy atom. The van der Waals surface area contributed by atoms with Gasteiger partial charge in [-0.05, 0) is 29.8 Å².